The quantitative estimate of drug-likeness (QED) is 0.638. The maximum absolute atomic E-state index is 12.9. The van der Waals surface area contributed by atoms with Crippen LogP contribution in [0.5, 0.6) is 5.75 Å². The molecule has 2 aromatic rings. The van der Waals surface area contributed by atoms with Gasteiger partial charge in [-0.2, -0.15) is 0 Å². The van der Waals surface area contributed by atoms with Gasteiger partial charge in [-0.05, 0) is 57.9 Å². The molecule has 0 saturated heterocycles. The summed E-state index contributed by atoms with van der Waals surface area (Å²) in [7, 11) is 1.66. The Morgan fingerprint density at radius 3 is 2.32 bits per heavy atom. The first-order valence-electron chi connectivity index (χ1n) is 9.58. The first-order chi connectivity index (χ1) is 13.2. The van der Waals surface area contributed by atoms with E-state index in [1.165, 1.54) is 5.56 Å². The maximum atomic E-state index is 12.9. The van der Waals surface area contributed by atoms with Gasteiger partial charge in [0.05, 0.1) is 20.2 Å². The number of amides is 1. The van der Waals surface area contributed by atoms with Crippen LogP contribution < -0.4 is 10.5 Å². The van der Waals surface area contributed by atoms with Gasteiger partial charge in [0.2, 0.25) is 5.91 Å². The summed E-state index contributed by atoms with van der Waals surface area (Å²) in [4.78, 5) is 25.9. The van der Waals surface area contributed by atoms with Gasteiger partial charge in [0.15, 0.2) is 5.78 Å². The Kier molecular flexibility index (Phi) is 7.40. The van der Waals surface area contributed by atoms with Gasteiger partial charge in [-0.15, -0.1) is 0 Å². The highest BCUT2D eigenvalue weighted by atomic mass is 16.5. The third-order valence-corrected chi connectivity index (χ3v) is 5.09. The minimum atomic E-state index is -0.425. The summed E-state index contributed by atoms with van der Waals surface area (Å²) in [5, 5.41) is 0. The predicted octanol–water partition coefficient (Wildman–Crippen LogP) is 2.73. The summed E-state index contributed by atoms with van der Waals surface area (Å²) in [6.07, 6.45) is 0.869. The van der Waals surface area contributed by atoms with Gasteiger partial charge in [-0.1, -0.05) is 12.1 Å². The number of hydrogen-bond acceptors (Lipinski definition) is 4. The molecule has 0 spiro atoms. The number of aryl methyl sites for hydroxylation is 2. The molecule has 0 atom stereocenters. The fourth-order valence-corrected chi connectivity index (χ4v) is 3.35. The average molecular weight is 386 g/mol. The Labute approximate surface area is 167 Å². The number of aromatic nitrogens is 1. The molecule has 1 aromatic heterocycles. The van der Waals surface area contributed by atoms with Crippen molar-refractivity contribution < 1.29 is 14.3 Å². The van der Waals surface area contributed by atoms with Crippen LogP contribution in [0.1, 0.15) is 41.2 Å². The minimum absolute atomic E-state index is 0.0127. The van der Waals surface area contributed by atoms with Crippen LogP contribution in [0.2, 0.25) is 0 Å². The van der Waals surface area contributed by atoms with E-state index in [0.29, 0.717) is 5.56 Å². The van der Waals surface area contributed by atoms with E-state index in [1.54, 1.807) is 12.0 Å². The highest BCUT2D eigenvalue weighted by molar-refractivity contribution is 5.99. The van der Waals surface area contributed by atoms with Crippen LogP contribution in [0.15, 0.2) is 30.3 Å². The lowest BCUT2D eigenvalue weighted by Crippen LogP contribution is -2.41. The fraction of sp³-hybridized carbons (Fsp3) is 0.455. The Morgan fingerprint density at radius 1 is 1.14 bits per heavy atom. The van der Waals surface area contributed by atoms with E-state index in [1.807, 2.05) is 45.9 Å². The molecule has 0 aliphatic heterocycles. The van der Waals surface area contributed by atoms with Crippen LogP contribution in [0, 0.1) is 13.8 Å². The molecule has 0 unspecified atom stereocenters. The van der Waals surface area contributed by atoms with E-state index in [4.69, 9.17) is 10.5 Å². The summed E-state index contributed by atoms with van der Waals surface area (Å²) >= 11 is 0. The molecule has 0 aliphatic rings. The molecule has 0 radical (unpaired) electrons. The number of Topliss-reactive ketones (excluding diaryl/α,β-unsaturated/α-hetero) is 1. The number of hydrogen-bond donors (Lipinski definition) is 1. The van der Waals surface area contributed by atoms with Crippen molar-refractivity contribution in [2.24, 2.45) is 5.73 Å². The molecule has 28 heavy (non-hydrogen) atoms. The van der Waals surface area contributed by atoms with Crippen molar-refractivity contribution in [1.29, 1.82) is 0 Å². The van der Waals surface area contributed by atoms with E-state index in [-0.39, 0.29) is 24.9 Å². The number of carbonyl (C=O) groups is 2. The van der Waals surface area contributed by atoms with Crippen LogP contribution in [0.3, 0.4) is 0 Å². The number of ether oxygens (including phenoxy) is 1. The molecule has 6 heteroatoms. The van der Waals surface area contributed by atoms with Crippen LogP contribution in [-0.4, -0.2) is 47.4 Å². The number of carbonyl (C=O) groups excluding carboxylic acids is 2. The Bertz CT molecular complexity index is 822. The largest absolute Gasteiger partial charge is 0.497 e. The summed E-state index contributed by atoms with van der Waals surface area (Å²) in [6, 6.07) is 10.0. The Morgan fingerprint density at radius 2 is 1.79 bits per heavy atom. The molecule has 0 aliphatic carbocycles. The molecule has 0 bridgehead atoms. The fourth-order valence-electron chi connectivity index (χ4n) is 3.35. The zero-order valence-corrected chi connectivity index (χ0v) is 17.5. The zero-order valence-electron chi connectivity index (χ0n) is 17.5. The maximum Gasteiger partial charge on any atom is 0.231 e. The standard InChI is InChI=1S/C22H31N3O3/c1-15(2)24(14-22(23)27)13-21(26)20-12-16(3)25(17(20)4)11-10-18-6-8-19(28-5)9-7-18/h6-9,12,15H,10-11,13-14H2,1-5H3,(H2,23,27). The second-order valence-electron chi connectivity index (χ2n) is 7.42. The molecule has 2 rings (SSSR count). The SMILES string of the molecule is COc1ccc(CCn2c(C)cc(C(=O)CN(CC(N)=O)C(C)C)c2C)cc1. The predicted molar refractivity (Wildman–Crippen MR) is 111 cm³/mol. The van der Waals surface area contributed by atoms with Gasteiger partial charge < -0.3 is 15.0 Å². The van der Waals surface area contributed by atoms with Gasteiger partial charge in [-0.25, -0.2) is 0 Å². The van der Waals surface area contributed by atoms with Gasteiger partial charge in [0.1, 0.15) is 5.75 Å². The molecule has 0 fully saturated rings. The van der Waals surface area contributed by atoms with Crippen molar-refractivity contribution in [3.63, 3.8) is 0 Å². The number of benzene rings is 1. The molecule has 1 aromatic carbocycles. The van der Waals surface area contributed by atoms with Crippen molar-refractivity contribution in [2.75, 3.05) is 20.2 Å². The van der Waals surface area contributed by atoms with E-state index < -0.39 is 5.91 Å². The normalized spacial score (nSPS) is 11.2. The van der Waals surface area contributed by atoms with Crippen molar-refractivity contribution in [3.05, 3.63) is 52.8 Å². The second-order valence-corrected chi connectivity index (χ2v) is 7.42. The number of rotatable bonds is 10. The summed E-state index contributed by atoms with van der Waals surface area (Å²) in [6.45, 7) is 8.96. The summed E-state index contributed by atoms with van der Waals surface area (Å²) in [5.41, 5.74) is 9.25. The molecular weight excluding hydrogens is 354 g/mol. The van der Waals surface area contributed by atoms with Crippen LogP contribution >= 0.6 is 0 Å². The minimum Gasteiger partial charge on any atom is -0.497 e. The first kappa shape index (κ1) is 21.7. The third-order valence-electron chi connectivity index (χ3n) is 5.09. The van der Waals surface area contributed by atoms with Gasteiger partial charge in [0.25, 0.3) is 0 Å². The molecule has 1 heterocycles. The molecule has 2 N–H and O–H groups in total. The first-order valence-corrected chi connectivity index (χ1v) is 9.58. The lowest BCUT2D eigenvalue weighted by atomic mass is 10.1. The number of methoxy groups -OCH3 is 1. The summed E-state index contributed by atoms with van der Waals surface area (Å²) in [5.74, 6) is 0.431. The van der Waals surface area contributed by atoms with E-state index in [2.05, 4.69) is 16.7 Å². The van der Waals surface area contributed by atoms with Crippen LogP contribution in [-0.2, 0) is 17.8 Å². The van der Waals surface area contributed by atoms with Gasteiger partial charge in [0, 0.05) is 29.5 Å². The molecular formula is C22H31N3O3. The molecule has 6 nitrogen and oxygen atoms in total. The third kappa shape index (κ3) is 5.45. The highest BCUT2D eigenvalue weighted by Crippen LogP contribution is 2.18. The molecule has 1 amide bonds. The zero-order chi connectivity index (χ0) is 20.8. The number of nitrogens with zero attached hydrogens (tertiary/aromatic N) is 2. The number of ketones is 1. The van der Waals surface area contributed by atoms with Gasteiger partial charge in [-0.3, -0.25) is 14.5 Å². The van der Waals surface area contributed by atoms with Crippen molar-refractivity contribution >= 4 is 11.7 Å². The summed E-state index contributed by atoms with van der Waals surface area (Å²) < 4.78 is 7.37. The monoisotopic (exact) mass is 385 g/mol. The van der Waals surface area contributed by atoms with E-state index >= 15 is 0 Å². The lowest BCUT2D eigenvalue weighted by molar-refractivity contribution is -0.119. The van der Waals surface area contributed by atoms with Crippen LogP contribution in [0.25, 0.3) is 0 Å². The van der Waals surface area contributed by atoms with Gasteiger partial charge >= 0.3 is 0 Å². The lowest BCUT2D eigenvalue weighted by Gasteiger charge is -2.24. The van der Waals surface area contributed by atoms with E-state index in [9.17, 15) is 9.59 Å². The average Bonchev–Trinajstić information content (AvgIpc) is 2.93. The smallest absolute Gasteiger partial charge is 0.231 e. The van der Waals surface area contributed by atoms with E-state index in [0.717, 1.165) is 30.1 Å². The molecule has 0 saturated carbocycles. The molecule has 152 valence electrons. The number of nitrogens with two attached hydrogens (primary N) is 1. The van der Waals surface area contributed by atoms with Crippen molar-refractivity contribution in [1.82, 2.24) is 9.47 Å². The number of primary amides is 1. The van der Waals surface area contributed by atoms with Crippen molar-refractivity contribution in [2.45, 2.75) is 46.7 Å². The highest BCUT2D eigenvalue weighted by Gasteiger charge is 2.21. The second kappa shape index (κ2) is 9.55. The Hall–Kier alpha value is -2.60. The Balaban J connectivity index is 2.10. The topological polar surface area (TPSA) is 77.6 Å². The van der Waals surface area contributed by atoms with Crippen molar-refractivity contribution in [3.8, 4) is 5.75 Å². The van der Waals surface area contributed by atoms with Crippen LogP contribution in [0.4, 0.5) is 0 Å².